The van der Waals surface area contributed by atoms with Crippen LogP contribution in [0.3, 0.4) is 0 Å². The Labute approximate surface area is 162 Å². The summed E-state index contributed by atoms with van der Waals surface area (Å²) in [7, 11) is -3.57. The number of ether oxygens (including phenoxy) is 1. The Hall–Kier alpha value is -2.05. The summed E-state index contributed by atoms with van der Waals surface area (Å²) in [5.74, 6) is -0.415. The average Bonchev–Trinajstić information content (AvgIpc) is 3.09. The van der Waals surface area contributed by atoms with Gasteiger partial charge in [-0.05, 0) is 13.3 Å². The van der Waals surface area contributed by atoms with Crippen LogP contribution in [0.25, 0.3) is 0 Å². The van der Waals surface area contributed by atoms with E-state index in [-0.39, 0.29) is 19.1 Å². The van der Waals surface area contributed by atoms with Crippen molar-refractivity contribution in [3.05, 3.63) is 24.0 Å². The summed E-state index contributed by atoms with van der Waals surface area (Å²) in [6, 6.07) is -0.609. The van der Waals surface area contributed by atoms with E-state index >= 15 is 0 Å². The number of nitrogens with zero attached hydrogens (tertiary/aromatic N) is 2. The molecule has 10 nitrogen and oxygen atoms in total. The van der Waals surface area contributed by atoms with Gasteiger partial charge in [0.25, 0.3) is 5.91 Å². The molecule has 0 radical (unpaired) electrons. The molecule has 0 saturated carbocycles. The minimum absolute atomic E-state index is 0.0523. The van der Waals surface area contributed by atoms with E-state index in [0.717, 1.165) is 6.26 Å². The zero-order valence-electron chi connectivity index (χ0n) is 15.0. The van der Waals surface area contributed by atoms with Gasteiger partial charge in [-0.25, -0.2) is 13.2 Å². The molecule has 2 aliphatic heterocycles. The van der Waals surface area contributed by atoms with Gasteiger partial charge in [0.05, 0.1) is 18.7 Å². The molecule has 0 bridgehead atoms. The Morgan fingerprint density at radius 2 is 2.11 bits per heavy atom. The number of thioether (sulfide) groups is 1. The van der Waals surface area contributed by atoms with Crippen molar-refractivity contribution in [2.24, 2.45) is 0 Å². The molecule has 2 heterocycles. The van der Waals surface area contributed by atoms with Crippen LogP contribution < -0.4 is 10.3 Å². The van der Waals surface area contributed by atoms with E-state index < -0.39 is 27.9 Å². The molecule has 150 valence electrons. The summed E-state index contributed by atoms with van der Waals surface area (Å²) < 4.78 is 27.1. The molecular weight excluding hydrogens is 396 g/mol. The lowest BCUT2D eigenvalue weighted by Crippen LogP contribution is -2.46. The number of carbonyl (C=O) groups excluding carboxylic acids is 3. The van der Waals surface area contributed by atoms with Gasteiger partial charge < -0.3 is 14.5 Å². The first-order chi connectivity index (χ1) is 12.7. The van der Waals surface area contributed by atoms with E-state index in [1.807, 2.05) is 4.83 Å². The van der Waals surface area contributed by atoms with Crippen molar-refractivity contribution in [1.82, 2.24) is 20.1 Å². The molecule has 27 heavy (non-hydrogen) atoms. The van der Waals surface area contributed by atoms with Gasteiger partial charge in [0.2, 0.25) is 15.9 Å². The first kappa shape index (κ1) is 21.3. The molecule has 1 unspecified atom stereocenters. The second-order valence-corrected chi connectivity index (χ2v) is 8.62. The van der Waals surface area contributed by atoms with E-state index in [1.54, 1.807) is 19.2 Å². The maximum absolute atomic E-state index is 12.6. The molecule has 0 aromatic heterocycles. The summed E-state index contributed by atoms with van der Waals surface area (Å²) in [5.41, 5.74) is 2.38. The molecule has 0 aromatic rings. The third-order valence-corrected chi connectivity index (χ3v) is 5.16. The minimum atomic E-state index is -3.57. The maximum atomic E-state index is 12.6. The van der Waals surface area contributed by atoms with Crippen LogP contribution in [-0.4, -0.2) is 73.1 Å². The zero-order valence-corrected chi connectivity index (χ0v) is 16.6. The van der Waals surface area contributed by atoms with Crippen LogP contribution in [0.1, 0.15) is 13.3 Å². The van der Waals surface area contributed by atoms with E-state index in [4.69, 9.17) is 4.74 Å². The topological polar surface area (TPSA) is 125 Å². The lowest BCUT2D eigenvalue weighted by atomic mass is 10.1. The molecule has 0 aromatic carbocycles. The van der Waals surface area contributed by atoms with Crippen molar-refractivity contribution in [2.75, 3.05) is 31.0 Å². The largest absolute Gasteiger partial charge is 0.464 e. The Balaban J connectivity index is 1.97. The molecule has 1 atom stereocenters. The lowest BCUT2D eigenvalue weighted by molar-refractivity contribution is -0.152. The van der Waals surface area contributed by atoms with Gasteiger partial charge in [-0.1, -0.05) is 6.08 Å². The van der Waals surface area contributed by atoms with Gasteiger partial charge in [-0.15, -0.1) is 16.6 Å². The van der Waals surface area contributed by atoms with Gasteiger partial charge in [0.15, 0.2) is 0 Å². The quantitative estimate of drug-likeness (QED) is 0.404. The van der Waals surface area contributed by atoms with Crippen molar-refractivity contribution in [1.29, 1.82) is 0 Å². The first-order valence-electron chi connectivity index (χ1n) is 8.15. The predicted octanol–water partition coefficient (Wildman–Crippen LogP) is -0.865. The zero-order chi connectivity index (χ0) is 20.0. The van der Waals surface area contributed by atoms with E-state index in [9.17, 15) is 22.8 Å². The van der Waals surface area contributed by atoms with Crippen LogP contribution in [0.5, 0.6) is 0 Å². The number of hydrazine groups is 1. The summed E-state index contributed by atoms with van der Waals surface area (Å²) in [6.45, 7) is 1.91. The fourth-order valence-corrected chi connectivity index (χ4v) is 3.89. The Kier molecular flexibility index (Phi) is 7.27. The second kappa shape index (κ2) is 9.24. The molecule has 2 aliphatic rings. The number of carbonyl (C=O) groups is 3. The van der Waals surface area contributed by atoms with Crippen molar-refractivity contribution in [3.8, 4) is 0 Å². The second-order valence-electron chi connectivity index (χ2n) is 5.88. The number of allylic oxidation sites excluding steroid dienone is 1. The summed E-state index contributed by atoms with van der Waals surface area (Å²) in [4.78, 5) is 41.5. The van der Waals surface area contributed by atoms with E-state index in [0.29, 0.717) is 23.6 Å². The van der Waals surface area contributed by atoms with Gasteiger partial charge in [0, 0.05) is 23.7 Å². The van der Waals surface area contributed by atoms with Gasteiger partial charge in [0.1, 0.15) is 12.6 Å². The maximum Gasteiger partial charge on any atom is 0.329 e. The Morgan fingerprint density at radius 3 is 2.78 bits per heavy atom. The number of hydrogen-bond donors (Lipinski definition) is 2. The van der Waals surface area contributed by atoms with Crippen LogP contribution in [0.15, 0.2) is 24.0 Å². The van der Waals surface area contributed by atoms with Crippen LogP contribution in [0.4, 0.5) is 0 Å². The molecule has 2 amide bonds. The average molecular weight is 418 g/mol. The summed E-state index contributed by atoms with van der Waals surface area (Å²) in [6.07, 6.45) is 6.03. The highest BCUT2D eigenvalue weighted by Crippen LogP contribution is 2.23. The molecule has 2 rings (SSSR count). The highest BCUT2D eigenvalue weighted by Gasteiger charge is 2.36. The smallest absolute Gasteiger partial charge is 0.329 e. The molecule has 12 heteroatoms. The number of hydrogen-bond acceptors (Lipinski definition) is 8. The Morgan fingerprint density at radius 1 is 1.37 bits per heavy atom. The predicted molar refractivity (Wildman–Crippen MR) is 99.3 cm³/mol. The van der Waals surface area contributed by atoms with Crippen LogP contribution >= 0.6 is 11.8 Å². The number of amides is 2. The van der Waals surface area contributed by atoms with Gasteiger partial charge >= 0.3 is 5.97 Å². The van der Waals surface area contributed by atoms with E-state index in [1.165, 1.54) is 27.8 Å². The molecule has 2 N–H and O–H groups in total. The third kappa shape index (κ3) is 6.26. The lowest BCUT2D eigenvalue weighted by Gasteiger charge is -2.26. The third-order valence-electron chi connectivity index (χ3n) is 3.68. The highest BCUT2D eigenvalue weighted by atomic mass is 32.2. The fourth-order valence-electron chi connectivity index (χ4n) is 2.45. The standard InChI is InChI=1S/C15H22N4O6S2/c1-3-25-15(22)12-9-26-10-19(12)13(20)8-18-6-4-5-11(7-18)14(21)16-17-27(2,23)24/h4,6-7,12,17H,3,5,8-10H2,1-2H3,(H,16,21). The van der Waals surface area contributed by atoms with Crippen molar-refractivity contribution in [2.45, 2.75) is 19.4 Å². The normalized spacial score (nSPS) is 19.6. The molecule has 0 aliphatic carbocycles. The van der Waals surface area contributed by atoms with Crippen molar-refractivity contribution < 1.29 is 27.5 Å². The number of nitrogens with one attached hydrogen (secondary N) is 2. The molecular formula is C15H22N4O6S2. The number of rotatable bonds is 7. The fraction of sp³-hybridized carbons (Fsp3) is 0.533. The summed E-state index contributed by atoms with van der Waals surface area (Å²) in [5, 5.41) is 0. The minimum Gasteiger partial charge on any atom is -0.464 e. The summed E-state index contributed by atoms with van der Waals surface area (Å²) >= 11 is 1.47. The van der Waals surface area contributed by atoms with Crippen molar-refractivity contribution in [3.63, 3.8) is 0 Å². The molecule has 1 fully saturated rings. The van der Waals surface area contributed by atoms with Crippen LogP contribution in [0, 0.1) is 0 Å². The van der Waals surface area contributed by atoms with Crippen LogP contribution in [-0.2, 0) is 29.1 Å². The van der Waals surface area contributed by atoms with Crippen molar-refractivity contribution >= 4 is 39.6 Å². The number of sulfonamides is 1. The molecule has 1 saturated heterocycles. The van der Waals surface area contributed by atoms with Crippen LogP contribution in [0.2, 0.25) is 0 Å². The highest BCUT2D eigenvalue weighted by molar-refractivity contribution is 7.99. The monoisotopic (exact) mass is 418 g/mol. The SMILES string of the molecule is CCOC(=O)C1CSCN1C(=O)CN1C=CCC(C(=O)NNS(C)(=O)=O)=C1. The Bertz CT molecular complexity index is 764. The molecule has 0 spiro atoms. The first-order valence-corrected chi connectivity index (χ1v) is 11.2. The number of esters is 1. The van der Waals surface area contributed by atoms with Gasteiger partial charge in [-0.3, -0.25) is 15.0 Å². The van der Waals surface area contributed by atoms with Gasteiger partial charge in [-0.2, -0.15) is 0 Å². The van der Waals surface area contributed by atoms with E-state index in [2.05, 4.69) is 5.43 Å².